The third-order valence-corrected chi connectivity index (χ3v) is 4.79. The van der Waals surface area contributed by atoms with Gasteiger partial charge in [0.2, 0.25) is 5.91 Å². The Labute approximate surface area is 116 Å². The molecule has 1 fully saturated rings. The number of sulfone groups is 1. The molecule has 1 aromatic carbocycles. The second-order valence-electron chi connectivity index (χ2n) is 4.75. The third-order valence-electron chi connectivity index (χ3n) is 3.31. The maximum atomic E-state index is 12.0. The molecule has 1 amide bonds. The molecule has 0 radical (unpaired) electrons. The van der Waals surface area contributed by atoms with Gasteiger partial charge in [-0.1, -0.05) is 18.2 Å². The van der Waals surface area contributed by atoms with E-state index < -0.39 is 25.9 Å². The van der Waals surface area contributed by atoms with Crippen molar-refractivity contribution in [1.29, 1.82) is 0 Å². The lowest BCUT2D eigenvalue weighted by Gasteiger charge is -2.16. The van der Waals surface area contributed by atoms with E-state index in [4.69, 9.17) is 0 Å². The summed E-state index contributed by atoms with van der Waals surface area (Å²) < 4.78 is 22.9. The van der Waals surface area contributed by atoms with Gasteiger partial charge in [0.15, 0.2) is 9.84 Å². The summed E-state index contributed by atoms with van der Waals surface area (Å²) in [6.07, 6.45) is 1.27. The summed E-state index contributed by atoms with van der Waals surface area (Å²) in [5, 5.41) is 9.88. The number of likely N-dealkylation sites (tertiary alicyclic amines) is 1. The predicted molar refractivity (Wildman–Crippen MR) is 71.8 cm³/mol. The molecule has 20 heavy (non-hydrogen) atoms. The fourth-order valence-electron chi connectivity index (χ4n) is 2.29. The molecule has 108 valence electrons. The summed E-state index contributed by atoms with van der Waals surface area (Å²) in [7, 11) is -3.43. The summed E-state index contributed by atoms with van der Waals surface area (Å²) in [4.78, 5) is 23.8. The standard InChI is InChI=1S/C12H14N2O5S/c1-20(18,19)11-6-7-13(12(11)15)8-9-4-2-3-5-10(9)14(16)17/h2-5,11H,6-8H2,1H3. The topological polar surface area (TPSA) is 97.6 Å². The molecule has 1 aromatic rings. The Morgan fingerprint density at radius 2 is 2.05 bits per heavy atom. The van der Waals surface area contributed by atoms with Crippen molar-refractivity contribution in [3.63, 3.8) is 0 Å². The highest BCUT2D eigenvalue weighted by molar-refractivity contribution is 7.92. The van der Waals surface area contributed by atoms with Gasteiger partial charge in [-0.2, -0.15) is 0 Å². The SMILES string of the molecule is CS(=O)(=O)C1CCN(Cc2ccccc2[N+](=O)[O-])C1=O. The van der Waals surface area contributed by atoms with Crippen molar-refractivity contribution in [2.45, 2.75) is 18.2 Å². The zero-order valence-electron chi connectivity index (χ0n) is 10.9. The van der Waals surface area contributed by atoms with E-state index >= 15 is 0 Å². The maximum absolute atomic E-state index is 12.0. The van der Waals surface area contributed by atoms with E-state index in [2.05, 4.69) is 0 Å². The van der Waals surface area contributed by atoms with Crippen LogP contribution in [-0.4, -0.2) is 42.2 Å². The minimum absolute atomic E-state index is 0.0575. The Kier molecular flexibility index (Phi) is 3.76. The summed E-state index contributed by atoms with van der Waals surface area (Å²) in [6.45, 7) is 0.352. The first kappa shape index (κ1) is 14.4. The average molecular weight is 298 g/mol. The van der Waals surface area contributed by atoms with Crippen LogP contribution < -0.4 is 0 Å². The number of amides is 1. The molecule has 7 nitrogen and oxygen atoms in total. The van der Waals surface area contributed by atoms with Crippen LogP contribution in [0.4, 0.5) is 5.69 Å². The molecule has 1 unspecified atom stereocenters. The van der Waals surface area contributed by atoms with Crippen molar-refractivity contribution in [2.24, 2.45) is 0 Å². The molecule has 1 saturated heterocycles. The van der Waals surface area contributed by atoms with E-state index in [1.807, 2.05) is 0 Å². The Balaban J connectivity index is 2.21. The van der Waals surface area contributed by atoms with Crippen LogP contribution in [0.2, 0.25) is 0 Å². The zero-order valence-corrected chi connectivity index (χ0v) is 11.7. The molecule has 0 aromatic heterocycles. The second-order valence-corrected chi connectivity index (χ2v) is 6.98. The van der Waals surface area contributed by atoms with E-state index in [1.54, 1.807) is 18.2 Å². The number of hydrogen-bond donors (Lipinski definition) is 0. The van der Waals surface area contributed by atoms with Crippen molar-refractivity contribution >= 4 is 21.4 Å². The largest absolute Gasteiger partial charge is 0.337 e. The van der Waals surface area contributed by atoms with E-state index in [-0.39, 0.29) is 18.7 Å². The monoisotopic (exact) mass is 298 g/mol. The van der Waals surface area contributed by atoms with Gasteiger partial charge in [0.05, 0.1) is 11.5 Å². The zero-order chi connectivity index (χ0) is 14.9. The number of carbonyl (C=O) groups excluding carboxylic acids is 1. The van der Waals surface area contributed by atoms with Gasteiger partial charge in [-0.3, -0.25) is 14.9 Å². The van der Waals surface area contributed by atoms with Gasteiger partial charge in [-0.15, -0.1) is 0 Å². The van der Waals surface area contributed by atoms with Gasteiger partial charge in [-0.05, 0) is 6.42 Å². The maximum Gasteiger partial charge on any atom is 0.274 e. The number of rotatable bonds is 4. The van der Waals surface area contributed by atoms with Crippen LogP contribution in [0.3, 0.4) is 0 Å². The number of nitro groups is 1. The van der Waals surface area contributed by atoms with Crippen molar-refractivity contribution < 1.29 is 18.1 Å². The molecule has 1 heterocycles. The highest BCUT2D eigenvalue weighted by atomic mass is 32.2. The molecule has 0 saturated carbocycles. The average Bonchev–Trinajstić information content (AvgIpc) is 2.71. The molecule has 1 aliphatic rings. The molecule has 1 atom stereocenters. The van der Waals surface area contributed by atoms with E-state index in [0.717, 1.165) is 6.26 Å². The lowest BCUT2D eigenvalue weighted by Crippen LogP contribution is -2.33. The lowest BCUT2D eigenvalue weighted by molar-refractivity contribution is -0.385. The highest BCUT2D eigenvalue weighted by Crippen LogP contribution is 2.24. The van der Waals surface area contributed by atoms with Crippen LogP contribution in [0.25, 0.3) is 0 Å². The van der Waals surface area contributed by atoms with Crippen LogP contribution in [0, 0.1) is 10.1 Å². The van der Waals surface area contributed by atoms with Gasteiger partial charge >= 0.3 is 0 Å². The van der Waals surface area contributed by atoms with Gasteiger partial charge in [0.1, 0.15) is 5.25 Å². The number of carbonyl (C=O) groups is 1. The number of benzene rings is 1. The molecule has 2 rings (SSSR count). The van der Waals surface area contributed by atoms with Crippen LogP contribution in [-0.2, 0) is 21.2 Å². The van der Waals surface area contributed by atoms with Crippen LogP contribution >= 0.6 is 0 Å². The second kappa shape index (κ2) is 5.20. The van der Waals surface area contributed by atoms with Gasteiger partial charge in [0.25, 0.3) is 5.69 Å². The quantitative estimate of drug-likeness (QED) is 0.603. The van der Waals surface area contributed by atoms with E-state index in [1.165, 1.54) is 11.0 Å². The van der Waals surface area contributed by atoms with Crippen LogP contribution in [0.15, 0.2) is 24.3 Å². The van der Waals surface area contributed by atoms with Gasteiger partial charge in [0, 0.05) is 24.4 Å². The minimum atomic E-state index is -3.43. The number of hydrogen-bond acceptors (Lipinski definition) is 5. The Hall–Kier alpha value is -1.96. The Morgan fingerprint density at radius 1 is 1.40 bits per heavy atom. The summed E-state index contributed by atoms with van der Waals surface area (Å²) in [5.41, 5.74) is 0.336. The normalized spacial score (nSPS) is 19.4. The predicted octanol–water partition coefficient (Wildman–Crippen LogP) is 0.740. The number of nitrogens with zero attached hydrogens (tertiary/aromatic N) is 2. The Bertz CT molecular complexity index is 656. The van der Waals surface area contributed by atoms with E-state index in [0.29, 0.717) is 12.1 Å². The fraction of sp³-hybridized carbons (Fsp3) is 0.417. The number of nitro benzene ring substituents is 1. The first-order valence-electron chi connectivity index (χ1n) is 6.00. The third kappa shape index (κ3) is 2.79. The molecule has 0 aliphatic carbocycles. The summed E-state index contributed by atoms with van der Waals surface area (Å²) >= 11 is 0. The van der Waals surface area contributed by atoms with Crippen molar-refractivity contribution in [3.05, 3.63) is 39.9 Å². The van der Waals surface area contributed by atoms with E-state index in [9.17, 15) is 23.3 Å². The number of para-hydroxylation sites is 1. The van der Waals surface area contributed by atoms with Crippen LogP contribution in [0.5, 0.6) is 0 Å². The first-order chi connectivity index (χ1) is 9.30. The molecular formula is C12H14N2O5S. The molecule has 0 bridgehead atoms. The summed E-state index contributed by atoms with van der Waals surface area (Å²) in [5.74, 6) is -0.481. The van der Waals surface area contributed by atoms with Crippen molar-refractivity contribution in [2.75, 3.05) is 12.8 Å². The van der Waals surface area contributed by atoms with Crippen LogP contribution in [0.1, 0.15) is 12.0 Å². The van der Waals surface area contributed by atoms with Gasteiger partial charge < -0.3 is 4.90 Å². The molecular weight excluding hydrogens is 284 g/mol. The molecule has 1 aliphatic heterocycles. The van der Waals surface area contributed by atoms with Crippen molar-refractivity contribution in [3.8, 4) is 0 Å². The Morgan fingerprint density at radius 3 is 2.60 bits per heavy atom. The molecule has 0 spiro atoms. The molecule has 8 heteroatoms. The smallest absolute Gasteiger partial charge is 0.274 e. The fourth-order valence-corrected chi connectivity index (χ4v) is 3.34. The highest BCUT2D eigenvalue weighted by Gasteiger charge is 2.38. The lowest BCUT2D eigenvalue weighted by atomic mass is 10.1. The minimum Gasteiger partial charge on any atom is -0.337 e. The first-order valence-corrected chi connectivity index (χ1v) is 7.96. The molecule has 0 N–H and O–H groups in total. The van der Waals surface area contributed by atoms with Gasteiger partial charge in [-0.25, -0.2) is 8.42 Å². The van der Waals surface area contributed by atoms with Crippen molar-refractivity contribution in [1.82, 2.24) is 4.90 Å². The summed E-state index contributed by atoms with van der Waals surface area (Å²) in [6, 6.07) is 6.13.